The summed E-state index contributed by atoms with van der Waals surface area (Å²) < 4.78 is 0. The van der Waals surface area contributed by atoms with Crippen LogP contribution in [0.15, 0.2) is 0 Å². The van der Waals surface area contributed by atoms with E-state index in [0.29, 0.717) is 0 Å². The fourth-order valence-electron chi connectivity index (χ4n) is 0.322. The van der Waals surface area contributed by atoms with Crippen molar-refractivity contribution in [2.45, 2.75) is 26.2 Å². The second kappa shape index (κ2) is 5.43. The highest BCUT2D eigenvalue weighted by molar-refractivity contribution is 7.19. The Morgan fingerprint density at radius 1 is 1.67 bits per heavy atom. The predicted molar refractivity (Wildman–Crippen MR) is 33.5 cm³/mol. The second-order valence-electron chi connectivity index (χ2n) is 1.38. The fraction of sp³-hybridized carbons (Fsp3) is 0.800. The molecule has 0 aromatic carbocycles. The first-order valence-corrected chi connectivity index (χ1v) is 3.12. The highest BCUT2D eigenvalue weighted by Gasteiger charge is 1.75. The van der Waals surface area contributed by atoms with Gasteiger partial charge in [-0.15, -0.1) is 9.24 Å². The molecule has 0 heterocycles. The lowest BCUT2D eigenvalue weighted by Gasteiger charge is -1.85. The van der Waals surface area contributed by atoms with Gasteiger partial charge in [-0.3, -0.25) is 0 Å². The van der Waals surface area contributed by atoms with Crippen LogP contribution in [0.1, 0.15) is 26.2 Å². The zero-order valence-corrected chi connectivity index (χ0v) is 5.43. The van der Waals surface area contributed by atoms with Crippen molar-refractivity contribution < 1.29 is 0 Å². The van der Waals surface area contributed by atoms with Gasteiger partial charge in [0.25, 0.3) is 0 Å². The molecule has 0 fully saturated rings. The summed E-state index contributed by atoms with van der Waals surface area (Å²) in [5.74, 6) is 0. The van der Waals surface area contributed by atoms with Gasteiger partial charge >= 0.3 is 0 Å². The van der Waals surface area contributed by atoms with Gasteiger partial charge in [0.2, 0.25) is 0 Å². The predicted octanol–water partition coefficient (Wildman–Crippen LogP) is 2.21. The van der Waals surface area contributed by atoms with Crippen LogP contribution in [0.3, 0.4) is 0 Å². The van der Waals surface area contributed by atoms with Crippen molar-refractivity contribution in [1.82, 2.24) is 0 Å². The van der Waals surface area contributed by atoms with E-state index >= 15 is 0 Å². The van der Waals surface area contributed by atoms with E-state index in [1.165, 1.54) is 19.3 Å². The molecule has 1 radical (unpaired) electrons. The summed E-state index contributed by atoms with van der Waals surface area (Å²) in [5.41, 5.74) is 0. The smallest absolute Gasteiger partial charge is 0.0201 e. The van der Waals surface area contributed by atoms with Crippen molar-refractivity contribution in [1.29, 1.82) is 0 Å². The van der Waals surface area contributed by atoms with Gasteiger partial charge in [-0.25, -0.2) is 0 Å². The van der Waals surface area contributed by atoms with Crippen molar-refractivity contribution in [3.05, 3.63) is 6.16 Å². The van der Waals surface area contributed by atoms with Gasteiger partial charge in [-0.05, 0) is 12.6 Å². The first-order chi connectivity index (χ1) is 2.91. The molecule has 0 saturated carbocycles. The van der Waals surface area contributed by atoms with Gasteiger partial charge < -0.3 is 0 Å². The molecule has 0 aromatic heterocycles. The van der Waals surface area contributed by atoms with Crippen molar-refractivity contribution in [2.24, 2.45) is 0 Å². The molecular weight excluding hydrogens is 91.0 g/mol. The Kier molecular flexibility index (Phi) is 5.82. The van der Waals surface area contributed by atoms with Gasteiger partial charge in [0.1, 0.15) is 0 Å². The minimum Gasteiger partial charge on any atom is -0.134 e. The SMILES string of the molecule is CCCC[CH]P. The molecule has 0 rings (SSSR count). The highest BCUT2D eigenvalue weighted by Crippen LogP contribution is 2.01. The summed E-state index contributed by atoms with van der Waals surface area (Å²) in [6.45, 7) is 2.20. The average Bonchev–Trinajstić information content (AvgIpc) is 1.61. The number of hydrogen-bond acceptors (Lipinski definition) is 0. The van der Waals surface area contributed by atoms with Crippen LogP contribution in [0.4, 0.5) is 0 Å². The zero-order valence-electron chi connectivity index (χ0n) is 4.28. The van der Waals surface area contributed by atoms with Crippen LogP contribution in [-0.4, -0.2) is 0 Å². The van der Waals surface area contributed by atoms with Crippen LogP contribution in [0.2, 0.25) is 0 Å². The maximum Gasteiger partial charge on any atom is -0.0201 e. The van der Waals surface area contributed by atoms with Crippen molar-refractivity contribution in [2.75, 3.05) is 0 Å². The second-order valence-corrected chi connectivity index (χ2v) is 1.85. The van der Waals surface area contributed by atoms with Crippen LogP contribution in [0, 0.1) is 6.16 Å². The molecule has 1 atom stereocenters. The van der Waals surface area contributed by atoms with Crippen molar-refractivity contribution in [3.63, 3.8) is 0 Å². The molecule has 6 heavy (non-hydrogen) atoms. The van der Waals surface area contributed by atoms with E-state index in [-0.39, 0.29) is 0 Å². The quantitative estimate of drug-likeness (QED) is 0.379. The maximum absolute atomic E-state index is 2.60. The monoisotopic (exact) mass is 103 g/mol. The van der Waals surface area contributed by atoms with E-state index in [0.717, 1.165) is 0 Å². The third kappa shape index (κ3) is 4.43. The van der Waals surface area contributed by atoms with Gasteiger partial charge in [-0.1, -0.05) is 19.8 Å². The first-order valence-electron chi connectivity index (χ1n) is 2.45. The molecule has 0 bridgehead atoms. The Morgan fingerprint density at radius 3 is 2.50 bits per heavy atom. The standard InChI is InChI=1S/C5H12P/c1-2-3-4-5-6/h5H,2-4,6H2,1H3. The Bertz CT molecular complexity index is 15.9. The number of hydrogen-bond donors (Lipinski definition) is 0. The van der Waals surface area contributed by atoms with Crippen molar-refractivity contribution >= 4 is 9.24 Å². The lowest BCUT2D eigenvalue weighted by molar-refractivity contribution is 0.806. The highest BCUT2D eigenvalue weighted by atomic mass is 31.0. The van der Waals surface area contributed by atoms with E-state index < -0.39 is 0 Å². The Morgan fingerprint density at radius 2 is 2.33 bits per heavy atom. The fourth-order valence-corrected chi connectivity index (χ4v) is 0.558. The van der Waals surface area contributed by atoms with Crippen LogP contribution >= 0.6 is 9.24 Å². The molecule has 1 heteroatoms. The molecule has 0 aliphatic heterocycles. The Labute approximate surface area is 42.5 Å². The van der Waals surface area contributed by atoms with Crippen LogP contribution in [0.25, 0.3) is 0 Å². The van der Waals surface area contributed by atoms with Crippen LogP contribution in [0.5, 0.6) is 0 Å². The minimum absolute atomic E-state index is 1.25. The van der Waals surface area contributed by atoms with Crippen LogP contribution in [-0.2, 0) is 0 Å². The lowest BCUT2D eigenvalue weighted by Crippen LogP contribution is -1.64. The van der Waals surface area contributed by atoms with E-state index in [2.05, 4.69) is 22.3 Å². The molecule has 0 aromatic rings. The third-order valence-corrected chi connectivity index (χ3v) is 1.06. The molecule has 0 nitrogen and oxygen atoms in total. The van der Waals surface area contributed by atoms with Gasteiger partial charge in [0.15, 0.2) is 0 Å². The molecule has 0 saturated heterocycles. The summed E-state index contributed by atoms with van der Waals surface area (Å²) in [5, 5.41) is 0. The number of rotatable bonds is 3. The average molecular weight is 103 g/mol. The first kappa shape index (κ1) is 6.43. The summed E-state index contributed by atoms with van der Waals surface area (Å²) in [6.07, 6.45) is 6.03. The molecule has 0 N–H and O–H groups in total. The molecule has 37 valence electrons. The molecule has 0 amide bonds. The Hall–Kier alpha value is 0.430. The molecule has 0 aliphatic carbocycles. The normalized spacial score (nSPS) is 9.00. The maximum atomic E-state index is 2.60. The van der Waals surface area contributed by atoms with Gasteiger partial charge in [0.05, 0.1) is 0 Å². The van der Waals surface area contributed by atoms with Crippen molar-refractivity contribution in [3.8, 4) is 0 Å². The largest absolute Gasteiger partial charge is 0.134 e. The minimum atomic E-state index is 1.25. The number of unbranched alkanes of at least 4 members (excludes halogenated alkanes) is 2. The lowest BCUT2D eigenvalue weighted by atomic mass is 10.3. The van der Waals surface area contributed by atoms with Gasteiger partial charge in [-0.2, -0.15) is 0 Å². The third-order valence-electron chi connectivity index (χ3n) is 0.724. The molecule has 1 unspecified atom stereocenters. The van der Waals surface area contributed by atoms with Gasteiger partial charge in [0, 0.05) is 0 Å². The summed E-state index contributed by atoms with van der Waals surface area (Å²) in [6, 6.07) is 0. The molecule has 0 spiro atoms. The summed E-state index contributed by atoms with van der Waals surface area (Å²) in [4.78, 5) is 0. The zero-order chi connectivity index (χ0) is 4.83. The van der Waals surface area contributed by atoms with E-state index in [1.807, 2.05) is 0 Å². The Balaban J connectivity index is 2.34. The van der Waals surface area contributed by atoms with E-state index in [9.17, 15) is 0 Å². The van der Waals surface area contributed by atoms with E-state index in [4.69, 9.17) is 0 Å². The van der Waals surface area contributed by atoms with Crippen LogP contribution < -0.4 is 0 Å². The van der Waals surface area contributed by atoms with E-state index in [1.54, 1.807) is 0 Å². The summed E-state index contributed by atoms with van der Waals surface area (Å²) in [7, 11) is 2.60. The molecule has 0 aliphatic rings. The topological polar surface area (TPSA) is 0 Å². The summed E-state index contributed by atoms with van der Waals surface area (Å²) >= 11 is 0. The molecular formula is C5H12P.